The van der Waals surface area contributed by atoms with E-state index in [1.165, 1.54) is 11.8 Å². The molecule has 0 spiro atoms. The van der Waals surface area contributed by atoms with E-state index in [-0.39, 0.29) is 24.0 Å². The molecule has 7 nitrogen and oxygen atoms in total. The predicted octanol–water partition coefficient (Wildman–Crippen LogP) is 2.11. The molecule has 2 fully saturated rings. The first-order chi connectivity index (χ1) is 12.1. The average Bonchev–Trinajstić information content (AvgIpc) is 2.64. The number of carbonyl (C=O) groups excluding carboxylic acids is 2. The number of nitrogens with zero attached hydrogens (tertiary/aromatic N) is 5. The van der Waals surface area contributed by atoms with E-state index in [0.29, 0.717) is 23.9 Å². The van der Waals surface area contributed by atoms with E-state index in [1.54, 1.807) is 11.9 Å². The van der Waals surface area contributed by atoms with Gasteiger partial charge in [-0.2, -0.15) is 0 Å². The van der Waals surface area contributed by atoms with Crippen molar-refractivity contribution in [2.45, 2.75) is 55.9 Å². The van der Waals surface area contributed by atoms with Crippen molar-refractivity contribution in [3.8, 4) is 0 Å². The highest BCUT2D eigenvalue weighted by atomic mass is 32.2. The molecule has 134 valence electrons. The molecule has 0 saturated carbocycles. The van der Waals surface area contributed by atoms with Crippen LogP contribution in [0.3, 0.4) is 0 Å². The van der Waals surface area contributed by atoms with Gasteiger partial charge in [0, 0.05) is 43.9 Å². The van der Waals surface area contributed by atoms with Gasteiger partial charge in [-0.15, -0.1) is 0 Å². The van der Waals surface area contributed by atoms with Crippen molar-refractivity contribution in [2.75, 3.05) is 24.7 Å². The highest BCUT2D eigenvalue weighted by Gasteiger charge is 2.40. The third-order valence-electron chi connectivity index (χ3n) is 5.57. The van der Waals surface area contributed by atoms with Gasteiger partial charge in [-0.05, 0) is 31.9 Å². The summed E-state index contributed by atoms with van der Waals surface area (Å²) in [5, 5.41) is 0.681. The van der Waals surface area contributed by atoms with E-state index < -0.39 is 0 Å². The van der Waals surface area contributed by atoms with Crippen LogP contribution in [0.5, 0.6) is 0 Å². The number of amides is 3. The molecular formula is C17H23N5O2S. The quantitative estimate of drug-likeness (QED) is 0.596. The third-order valence-corrected chi connectivity index (χ3v) is 6.13. The second kappa shape index (κ2) is 6.48. The van der Waals surface area contributed by atoms with Gasteiger partial charge in [-0.25, -0.2) is 14.8 Å². The Labute approximate surface area is 151 Å². The highest BCUT2D eigenvalue weighted by molar-refractivity contribution is 7.98. The minimum absolute atomic E-state index is 0.00107. The number of urea groups is 1. The molecule has 0 N–H and O–H groups in total. The molecule has 3 aliphatic heterocycles. The van der Waals surface area contributed by atoms with E-state index in [1.807, 2.05) is 22.3 Å². The molecule has 0 aliphatic carbocycles. The van der Waals surface area contributed by atoms with Gasteiger partial charge in [0.2, 0.25) is 5.91 Å². The van der Waals surface area contributed by atoms with Crippen LogP contribution in [-0.4, -0.2) is 63.6 Å². The van der Waals surface area contributed by atoms with Crippen LogP contribution in [0.15, 0.2) is 11.4 Å². The molecule has 1 aromatic rings. The van der Waals surface area contributed by atoms with Gasteiger partial charge in [0.1, 0.15) is 5.82 Å². The smallest absolute Gasteiger partial charge is 0.325 e. The normalized spacial score (nSPS) is 26.6. The van der Waals surface area contributed by atoms with Crippen LogP contribution in [0.25, 0.3) is 0 Å². The number of hydrogen-bond donors (Lipinski definition) is 0. The fraction of sp³-hybridized carbons (Fsp3) is 0.647. The lowest BCUT2D eigenvalue weighted by atomic mass is 9.88. The van der Waals surface area contributed by atoms with E-state index >= 15 is 0 Å². The van der Waals surface area contributed by atoms with Crippen LogP contribution in [0, 0.1) is 0 Å². The Kier molecular flexibility index (Phi) is 4.31. The number of aromatic nitrogens is 2. The van der Waals surface area contributed by atoms with Crippen molar-refractivity contribution in [3.63, 3.8) is 0 Å². The zero-order chi connectivity index (χ0) is 17.6. The van der Waals surface area contributed by atoms with Gasteiger partial charge in [-0.3, -0.25) is 9.69 Å². The summed E-state index contributed by atoms with van der Waals surface area (Å²) in [5.74, 6) is 0.992. The number of fused-ring (bicyclic) bond motifs is 2. The van der Waals surface area contributed by atoms with Gasteiger partial charge >= 0.3 is 6.03 Å². The maximum absolute atomic E-state index is 12.9. The van der Waals surface area contributed by atoms with Crippen molar-refractivity contribution in [2.24, 2.45) is 0 Å². The fourth-order valence-electron chi connectivity index (χ4n) is 4.25. The van der Waals surface area contributed by atoms with Gasteiger partial charge in [0.15, 0.2) is 5.16 Å². The number of rotatable bonds is 2. The van der Waals surface area contributed by atoms with Gasteiger partial charge in [-0.1, -0.05) is 11.8 Å². The van der Waals surface area contributed by atoms with Crippen LogP contribution in [0.1, 0.15) is 37.7 Å². The molecule has 8 heteroatoms. The summed E-state index contributed by atoms with van der Waals surface area (Å²) in [6, 6.07) is 0.462. The lowest BCUT2D eigenvalue weighted by Crippen LogP contribution is -2.57. The molecule has 0 bridgehead atoms. The van der Waals surface area contributed by atoms with E-state index in [0.717, 1.165) is 37.8 Å². The zero-order valence-corrected chi connectivity index (χ0v) is 15.5. The number of piperidine rings is 2. The van der Waals surface area contributed by atoms with E-state index in [9.17, 15) is 9.59 Å². The fourth-order valence-corrected chi connectivity index (χ4v) is 4.59. The van der Waals surface area contributed by atoms with E-state index in [4.69, 9.17) is 0 Å². The van der Waals surface area contributed by atoms with Crippen molar-refractivity contribution in [3.05, 3.63) is 11.8 Å². The SMILES string of the molecule is CSc1ncc2c(n1)N(C)C(=O)N(C1CCN3C(=O)CCCC3C1)C2. The first kappa shape index (κ1) is 16.6. The molecule has 4 heterocycles. The molecule has 25 heavy (non-hydrogen) atoms. The summed E-state index contributed by atoms with van der Waals surface area (Å²) < 4.78 is 0. The number of thioether (sulfide) groups is 1. The first-order valence-corrected chi connectivity index (χ1v) is 10.0. The Balaban J connectivity index is 1.55. The van der Waals surface area contributed by atoms with Crippen molar-refractivity contribution >= 4 is 29.5 Å². The maximum atomic E-state index is 12.9. The van der Waals surface area contributed by atoms with Crippen LogP contribution in [0.2, 0.25) is 0 Å². The van der Waals surface area contributed by atoms with Crippen molar-refractivity contribution in [1.82, 2.24) is 19.8 Å². The topological polar surface area (TPSA) is 69.6 Å². The van der Waals surface area contributed by atoms with E-state index in [2.05, 4.69) is 9.97 Å². The summed E-state index contributed by atoms with van der Waals surface area (Å²) in [6.07, 6.45) is 8.19. The van der Waals surface area contributed by atoms with Gasteiger partial charge in [0.05, 0.1) is 6.54 Å². The Hall–Kier alpha value is -1.83. The highest BCUT2D eigenvalue weighted by Crippen LogP contribution is 2.34. The van der Waals surface area contributed by atoms with Crippen LogP contribution < -0.4 is 4.90 Å². The summed E-state index contributed by atoms with van der Waals surface area (Å²) in [6.45, 7) is 1.31. The summed E-state index contributed by atoms with van der Waals surface area (Å²) >= 11 is 1.48. The molecule has 2 atom stereocenters. The monoisotopic (exact) mass is 361 g/mol. The molecule has 0 radical (unpaired) electrons. The second-order valence-electron chi connectivity index (χ2n) is 6.99. The lowest BCUT2D eigenvalue weighted by molar-refractivity contribution is -0.138. The summed E-state index contributed by atoms with van der Waals surface area (Å²) in [5.41, 5.74) is 0.988. The molecule has 2 saturated heterocycles. The summed E-state index contributed by atoms with van der Waals surface area (Å²) in [4.78, 5) is 39.5. The Morgan fingerprint density at radius 1 is 1.20 bits per heavy atom. The lowest BCUT2D eigenvalue weighted by Gasteiger charge is -2.47. The Bertz CT molecular complexity index is 712. The predicted molar refractivity (Wildman–Crippen MR) is 95.5 cm³/mol. The standard InChI is InChI=1S/C17H23N5O2S/c1-20-15-11(9-18-16(19-15)25-2)10-22(17(20)24)13-6-7-21-12(8-13)4-3-5-14(21)23/h9,12-13H,3-8,10H2,1-2H3. The minimum Gasteiger partial charge on any atom is -0.340 e. The van der Waals surface area contributed by atoms with Crippen LogP contribution in [0.4, 0.5) is 10.6 Å². The van der Waals surface area contributed by atoms with Crippen molar-refractivity contribution < 1.29 is 9.59 Å². The molecule has 1 aromatic heterocycles. The number of anilines is 1. The zero-order valence-electron chi connectivity index (χ0n) is 14.6. The van der Waals surface area contributed by atoms with Crippen LogP contribution >= 0.6 is 11.8 Å². The molecular weight excluding hydrogens is 338 g/mol. The molecule has 3 aliphatic rings. The first-order valence-electron chi connectivity index (χ1n) is 8.82. The van der Waals surface area contributed by atoms with Gasteiger partial charge < -0.3 is 9.80 Å². The number of carbonyl (C=O) groups is 2. The molecule has 2 unspecified atom stereocenters. The van der Waals surface area contributed by atoms with Crippen LogP contribution in [-0.2, 0) is 11.3 Å². The largest absolute Gasteiger partial charge is 0.340 e. The van der Waals surface area contributed by atoms with Gasteiger partial charge in [0.25, 0.3) is 0 Å². The van der Waals surface area contributed by atoms with Crippen molar-refractivity contribution in [1.29, 1.82) is 0 Å². The Morgan fingerprint density at radius 2 is 2.00 bits per heavy atom. The molecule has 4 rings (SSSR count). The minimum atomic E-state index is -0.00107. The third kappa shape index (κ3) is 2.86. The number of hydrogen-bond acceptors (Lipinski definition) is 5. The maximum Gasteiger partial charge on any atom is 0.325 e. The summed E-state index contributed by atoms with van der Waals surface area (Å²) in [7, 11) is 1.78. The molecule has 0 aromatic carbocycles. The average molecular weight is 361 g/mol. The Morgan fingerprint density at radius 3 is 2.80 bits per heavy atom. The molecule has 3 amide bonds. The second-order valence-corrected chi connectivity index (χ2v) is 7.76.